The van der Waals surface area contributed by atoms with Crippen LogP contribution in [0, 0.1) is 6.92 Å². The lowest BCUT2D eigenvalue weighted by atomic mass is 10.2. The Balaban J connectivity index is 1.96. The number of rotatable bonds is 6. The molecular formula is C14H19N5OS. The van der Waals surface area contributed by atoms with Crippen molar-refractivity contribution in [2.24, 2.45) is 0 Å². The van der Waals surface area contributed by atoms with E-state index in [0.29, 0.717) is 5.82 Å². The van der Waals surface area contributed by atoms with Gasteiger partial charge in [-0.05, 0) is 32.4 Å². The van der Waals surface area contributed by atoms with Crippen molar-refractivity contribution in [3.05, 3.63) is 36.0 Å². The fraction of sp³-hybridized carbons (Fsp3) is 0.429. The number of pyridine rings is 1. The Bertz CT molecular complexity index is 586. The summed E-state index contributed by atoms with van der Waals surface area (Å²) in [5, 5.41) is 10.5. The van der Waals surface area contributed by atoms with Crippen LogP contribution in [0.15, 0.2) is 29.4 Å². The topological polar surface area (TPSA) is 83.6 Å². The zero-order valence-corrected chi connectivity index (χ0v) is 13.1. The lowest BCUT2D eigenvalue weighted by Gasteiger charge is -2.17. The van der Waals surface area contributed by atoms with Crippen molar-refractivity contribution in [1.82, 2.24) is 25.5 Å². The molecule has 2 N–H and O–H groups in total. The molecule has 0 saturated heterocycles. The molecule has 2 atom stereocenters. The van der Waals surface area contributed by atoms with E-state index in [4.69, 9.17) is 0 Å². The molecule has 112 valence electrons. The summed E-state index contributed by atoms with van der Waals surface area (Å²) >= 11 is 1.43. The summed E-state index contributed by atoms with van der Waals surface area (Å²) in [4.78, 5) is 20.8. The second kappa shape index (κ2) is 7.21. The third kappa shape index (κ3) is 4.29. The Hall–Kier alpha value is -1.89. The zero-order chi connectivity index (χ0) is 15.2. The monoisotopic (exact) mass is 305 g/mol. The first-order valence-electron chi connectivity index (χ1n) is 6.87. The Kier molecular flexibility index (Phi) is 5.32. The molecule has 2 aromatic rings. The quantitative estimate of drug-likeness (QED) is 0.800. The summed E-state index contributed by atoms with van der Waals surface area (Å²) < 4.78 is 0. The molecule has 0 unspecified atom stereocenters. The number of nitrogens with zero attached hydrogens (tertiary/aromatic N) is 3. The van der Waals surface area contributed by atoms with Crippen LogP contribution in [-0.4, -0.2) is 31.3 Å². The van der Waals surface area contributed by atoms with Gasteiger partial charge in [-0.25, -0.2) is 9.97 Å². The molecule has 0 aliphatic carbocycles. The van der Waals surface area contributed by atoms with Gasteiger partial charge in [0, 0.05) is 6.20 Å². The fourth-order valence-electron chi connectivity index (χ4n) is 1.81. The Labute approximate surface area is 128 Å². The van der Waals surface area contributed by atoms with Gasteiger partial charge in [-0.3, -0.25) is 9.89 Å². The van der Waals surface area contributed by atoms with E-state index in [2.05, 4.69) is 25.5 Å². The summed E-state index contributed by atoms with van der Waals surface area (Å²) in [7, 11) is 0. The average Bonchev–Trinajstić information content (AvgIpc) is 2.92. The van der Waals surface area contributed by atoms with Crippen molar-refractivity contribution in [2.75, 3.05) is 0 Å². The molecule has 0 aromatic carbocycles. The van der Waals surface area contributed by atoms with Crippen molar-refractivity contribution < 1.29 is 4.79 Å². The number of H-pyrrole nitrogens is 1. The predicted molar refractivity (Wildman–Crippen MR) is 81.9 cm³/mol. The fourth-order valence-corrected chi connectivity index (χ4v) is 2.62. The Morgan fingerprint density at radius 2 is 2.29 bits per heavy atom. The first-order chi connectivity index (χ1) is 10.1. The standard InChI is InChI=1S/C14H19N5OS/c1-4-11(13-16-10(3)18-19-13)17-14(20)9(2)21-12-7-5-6-8-15-12/h5-9,11H,4H2,1-3H3,(H,17,20)(H,16,18,19)/t9-,11-/m0/s1. The lowest BCUT2D eigenvalue weighted by molar-refractivity contribution is -0.121. The minimum absolute atomic E-state index is 0.0417. The van der Waals surface area contributed by atoms with Crippen LogP contribution >= 0.6 is 11.8 Å². The normalized spacial score (nSPS) is 13.7. The molecule has 0 spiro atoms. The summed E-state index contributed by atoms with van der Waals surface area (Å²) in [6.45, 7) is 5.70. The molecule has 0 fully saturated rings. The van der Waals surface area contributed by atoms with Crippen LogP contribution in [0.1, 0.15) is 38.0 Å². The van der Waals surface area contributed by atoms with E-state index < -0.39 is 0 Å². The number of thioether (sulfide) groups is 1. The third-order valence-electron chi connectivity index (χ3n) is 2.96. The number of carbonyl (C=O) groups is 1. The minimum Gasteiger partial charge on any atom is -0.345 e. The average molecular weight is 305 g/mol. The van der Waals surface area contributed by atoms with Crippen LogP contribution in [-0.2, 0) is 4.79 Å². The van der Waals surface area contributed by atoms with E-state index in [1.165, 1.54) is 11.8 Å². The van der Waals surface area contributed by atoms with Gasteiger partial charge < -0.3 is 5.32 Å². The summed E-state index contributed by atoms with van der Waals surface area (Å²) in [5.41, 5.74) is 0. The van der Waals surface area contributed by atoms with Gasteiger partial charge in [0.2, 0.25) is 5.91 Å². The van der Waals surface area contributed by atoms with Gasteiger partial charge in [-0.15, -0.1) is 0 Å². The molecule has 0 aliphatic rings. The molecule has 7 heteroatoms. The van der Waals surface area contributed by atoms with Crippen LogP contribution < -0.4 is 5.32 Å². The Morgan fingerprint density at radius 1 is 1.48 bits per heavy atom. The highest BCUT2D eigenvalue weighted by Gasteiger charge is 2.21. The second-order valence-electron chi connectivity index (χ2n) is 4.68. The second-order valence-corrected chi connectivity index (χ2v) is 6.04. The molecule has 21 heavy (non-hydrogen) atoms. The van der Waals surface area contributed by atoms with E-state index >= 15 is 0 Å². The van der Waals surface area contributed by atoms with Gasteiger partial charge in [-0.1, -0.05) is 24.8 Å². The summed E-state index contributed by atoms with van der Waals surface area (Å²) in [5.74, 6) is 1.33. The van der Waals surface area contributed by atoms with Crippen molar-refractivity contribution in [2.45, 2.75) is 43.5 Å². The number of aryl methyl sites for hydroxylation is 1. The maximum Gasteiger partial charge on any atom is 0.233 e. The number of hydrogen-bond donors (Lipinski definition) is 2. The van der Waals surface area contributed by atoms with Gasteiger partial charge in [-0.2, -0.15) is 5.10 Å². The molecule has 1 amide bonds. The van der Waals surface area contributed by atoms with Crippen LogP contribution in [0.3, 0.4) is 0 Å². The van der Waals surface area contributed by atoms with E-state index in [9.17, 15) is 4.79 Å². The molecule has 2 aromatic heterocycles. The molecule has 0 radical (unpaired) electrons. The van der Waals surface area contributed by atoms with Crippen LogP contribution in [0.5, 0.6) is 0 Å². The molecule has 2 heterocycles. The summed E-state index contributed by atoms with van der Waals surface area (Å²) in [6.07, 6.45) is 2.46. The number of aromatic nitrogens is 4. The van der Waals surface area contributed by atoms with Gasteiger partial charge in [0.15, 0.2) is 5.82 Å². The zero-order valence-electron chi connectivity index (χ0n) is 12.3. The third-order valence-corrected chi connectivity index (χ3v) is 4.01. The smallest absolute Gasteiger partial charge is 0.233 e. The highest BCUT2D eigenvalue weighted by molar-refractivity contribution is 8.00. The molecule has 2 rings (SSSR count). The van der Waals surface area contributed by atoms with E-state index in [-0.39, 0.29) is 17.2 Å². The lowest BCUT2D eigenvalue weighted by Crippen LogP contribution is -2.34. The van der Waals surface area contributed by atoms with Crippen LogP contribution in [0.2, 0.25) is 0 Å². The minimum atomic E-state index is -0.228. The highest BCUT2D eigenvalue weighted by atomic mass is 32.2. The molecule has 0 saturated carbocycles. The number of hydrogen-bond acceptors (Lipinski definition) is 5. The van der Waals surface area contributed by atoms with Crippen molar-refractivity contribution in [1.29, 1.82) is 0 Å². The molecule has 0 aliphatic heterocycles. The number of nitrogens with one attached hydrogen (secondary N) is 2. The van der Waals surface area contributed by atoms with Gasteiger partial charge in [0.1, 0.15) is 5.82 Å². The Morgan fingerprint density at radius 3 is 2.86 bits per heavy atom. The molecule has 6 nitrogen and oxygen atoms in total. The van der Waals surface area contributed by atoms with E-state index in [1.54, 1.807) is 6.20 Å². The number of carbonyl (C=O) groups excluding carboxylic acids is 1. The largest absolute Gasteiger partial charge is 0.345 e. The predicted octanol–water partition coefficient (Wildman–Crippen LogP) is 2.26. The van der Waals surface area contributed by atoms with Crippen LogP contribution in [0.4, 0.5) is 0 Å². The molecular weight excluding hydrogens is 286 g/mol. The van der Waals surface area contributed by atoms with Crippen LogP contribution in [0.25, 0.3) is 0 Å². The SMILES string of the molecule is CC[C@H](NC(=O)[C@H](C)Sc1ccccn1)c1n[nH]c(C)n1. The summed E-state index contributed by atoms with van der Waals surface area (Å²) in [6, 6.07) is 5.48. The number of amides is 1. The van der Waals surface area contributed by atoms with Gasteiger partial charge >= 0.3 is 0 Å². The van der Waals surface area contributed by atoms with Crippen molar-refractivity contribution in [3.8, 4) is 0 Å². The van der Waals surface area contributed by atoms with Gasteiger partial charge in [0.05, 0.1) is 16.3 Å². The number of aromatic amines is 1. The maximum atomic E-state index is 12.3. The first kappa shape index (κ1) is 15.5. The van der Waals surface area contributed by atoms with Crippen molar-refractivity contribution >= 4 is 17.7 Å². The maximum absolute atomic E-state index is 12.3. The molecule has 0 bridgehead atoms. The van der Waals surface area contributed by atoms with Crippen molar-refractivity contribution in [3.63, 3.8) is 0 Å². The first-order valence-corrected chi connectivity index (χ1v) is 7.75. The van der Waals surface area contributed by atoms with E-state index in [0.717, 1.165) is 17.3 Å². The van der Waals surface area contributed by atoms with Gasteiger partial charge in [0.25, 0.3) is 0 Å². The van der Waals surface area contributed by atoms with E-state index in [1.807, 2.05) is 39.0 Å². The highest BCUT2D eigenvalue weighted by Crippen LogP contribution is 2.21.